The van der Waals surface area contributed by atoms with Gasteiger partial charge in [-0.25, -0.2) is 8.42 Å². The summed E-state index contributed by atoms with van der Waals surface area (Å²) < 4.78 is 22.6. The van der Waals surface area contributed by atoms with Crippen LogP contribution in [0.3, 0.4) is 0 Å². The third-order valence-corrected chi connectivity index (χ3v) is 4.73. The Labute approximate surface area is 109 Å². The van der Waals surface area contributed by atoms with Crippen LogP contribution in [-0.4, -0.2) is 26.3 Å². The molecule has 0 amide bonds. The lowest BCUT2D eigenvalue weighted by Gasteiger charge is -2.31. The highest BCUT2D eigenvalue weighted by Gasteiger charge is 2.30. The normalized spacial score (nSPS) is 15.5. The van der Waals surface area contributed by atoms with Gasteiger partial charge in [0.2, 0.25) is 0 Å². The molecule has 0 aliphatic rings. The number of benzene rings is 1. The Hall–Kier alpha value is -0.540. The highest BCUT2D eigenvalue weighted by molar-refractivity contribution is 7.90. The Bertz CT molecular complexity index is 436. The van der Waals surface area contributed by atoms with Gasteiger partial charge < -0.3 is 0 Å². The molecule has 1 aromatic rings. The van der Waals surface area contributed by atoms with Crippen molar-refractivity contribution in [3.8, 4) is 0 Å². The van der Waals surface area contributed by atoms with Crippen LogP contribution in [0.4, 0.5) is 0 Å². The van der Waals surface area contributed by atoms with Gasteiger partial charge in [-0.15, -0.1) is 11.6 Å². The van der Waals surface area contributed by atoms with Gasteiger partial charge in [0.05, 0.1) is 5.75 Å². The standard InChI is InChI=1S/C13H19ClO2S/c1-3-13(11-14,9-10-17(2,15)16)12-7-5-4-6-8-12/h4-8H,3,9-11H2,1-2H3. The fourth-order valence-electron chi connectivity index (χ4n) is 1.94. The average molecular weight is 275 g/mol. The second-order valence-electron chi connectivity index (χ2n) is 4.51. The molecule has 1 atom stereocenters. The summed E-state index contributed by atoms with van der Waals surface area (Å²) in [5, 5.41) is 0. The molecule has 0 aliphatic carbocycles. The van der Waals surface area contributed by atoms with Gasteiger partial charge in [0, 0.05) is 17.6 Å². The Morgan fingerprint density at radius 1 is 1.24 bits per heavy atom. The van der Waals surface area contributed by atoms with Crippen molar-refractivity contribution in [2.75, 3.05) is 17.9 Å². The monoisotopic (exact) mass is 274 g/mol. The van der Waals surface area contributed by atoms with Crippen molar-refractivity contribution in [1.82, 2.24) is 0 Å². The molecule has 4 heteroatoms. The molecule has 1 unspecified atom stereocenters. The number of halogens is 1. The van der Waals surface area contributed by atoms with E-state index in [4.69, 9.17) is 11.6 Å². The first kappa shape index (κ1) is 14.5. The summed E-state index contributed by atoms with van der Waals surface area (Å²) in [5.74, 6) is 0.630. The molecule has 0 aromatic heterocycles. The van der Waals surface area contributed by atoms with Gasteiger partial charge in [0.25, 0.3) is 0 Å². The Morgan fingerprint density at radius 3 is 2.24 bits per heavy atom. The summed E-state index contributed by atoms with van der Waals surface area (Å²) >= 11 is 6.09. The molecule has 1 aromatic carbocycles. The highest BCUT2D eigenvalue weighted by Crippen LogP contribution is 2.33. The minimum Gasteiger partial charge on any atom is -0.229 e. The second kappa shape index (κ2) is 5.87. The van der Waals surface area contributed by atoms with Crippen LogP contribution in [0.25, 0.3) is 0 Å². The molecule has 17 heavy (non-hydrogen) atoms. The van der Waals surface area contributed by atoms with Crippen molar-refractivity contribution >= 4 is 21.4 Å². The Kier molecular flexibility index (Phi) is 5.02. The fraction of sp³-hybridized carbons (Fsp3) is 0.538. The molecule has 0 radical (unpaired) electrons. The molecule has 2 nitrogen and oxygen atoms in total. The molecule has 1 rings (SSSR count). The SMILES string of the molecule is CCC(CCl)(CCS(C)(=O)=O)c1ccccc1. The number of hydrogen-bond acceptors (Lipinski definition) is 2. The predicted octanol–water partition coefficient (Wildman–Crippen LogP) is 3.01. The lowest BCUT2D eigenvalue weighted by Crippen LogP contribution is -2.30. The molecular weight excluding hydrogens is 256 g/mol. The predicted molar refractivity (Wildman–Crippen MR) is 73.5 cm³/mol. The van der Waals surface area contributed by atoms with E-state index in [0.29, 0.717) is 12.3 Å². The van der Waals surface area contributed by atoms with Crippen LogP contribution >= 0.6 is 11.6 Å². The van der Waals surface area contributed by atoms with E-state index >= 15 is 0 Å². The van der Waals surface area contributed by atoms with Crippen LogP contribution in [-0.2, 0) is 15.3 Å². The number of hydrogen-bond donors (Lipinski definition) is 0. The maximum absolute atomic E-state index is 11.3. The molecule has 0 fully saturated rings. The van der Waals surface area contributed by atoms with Crippen LogP contribution in [0, 0.1) is 0 Å². The van der Waals surface area contributed by atoms with Crippen LogP contribution in [0.15, 0.2) is 30.3 Å². The van der Waals surface area contributed by atoms with E-state index in [9.17, 15) is 8.42 Å². The Morgan fingerprint density at radius 2 is 1.82 bits per heavy atom. The molecule has 0 bridgehead atoms. The summed E-state index contributed by atoms with van der Waals surface area (Å²) in [7, 11) is -2.94. The molecule has 0 N–H and O–H groups in total. The summed E-state index contributed by atoms with van der Waals surface area (Å²) in [6, 6.07) is 9.93. The number of sulfone groups is 1. The van der Waals surface area contributed by atoms with Crippen LogP contribution in [0.2, 0.25) is 0 Å². The smallest absolute Gasteiger partial charge is 0.147 e. The number of alkyl halides is 1. The van der Waals surface area contributed by atoms with Crippen LogP contribution in [0.1, 0.15) is 25.3 Å². The molecule has 0 spiro atoms. The first-order valence-electron chi connectivity index (χ1n) is 5.73. The maximum atomic E-state index is 11.3. The van der Waals surface area contributed by atoms with E-state index in [-0.39, 0.29) is 11.2 Å². The summed E-state index contributed by atoms with van der Waals surface area (Å²) in [6.45, 7) is 2.05. The van der Waals surface area contributed by atoms with Crippen molar-refractivity contribution < 1.29 is 8.42 Å². The van der Waals surface area contributed by atoms with Gasteiger partial charge in [-0.1, -0.05) is 37.3 Å². The lowest BCUT2D eigenvalue weighted by molar-refractivity contribution is 0.443. The van der Waals surface area contributed by atoms with Crippen molar-refractivity contribution in [2.24, 2.45) is 0 Å². The third kappa shape index (κ3) is 4.00. The minimum absolute atomic E-state index is 0.183. The molecule has 0 saturated carbocycles. The van der Waals surface area contributed by atoms with Crippen LogP contribution in [0.5, 0.6) is 0 Å². The van der Waals surface area contributed by atoms with E-state index < -0.39 is 9.84 Å². The summed E-state index contributed by atoms with van der Waals surface area (Å²) in [5.41, 5.74) is 0.896. The third-order valence-electron chi connectivity index (χ3n) is 3.27. The highest BCUT2D eigenvalue weighted by atomic mass is 35.5. The second-order valence-corrected chi connectivity index (χ2v) is 7.04. The molecule has 0 aliphatic heterocycles. The quantitative estimate of drug-likeness (QED) is 0.748. The number of rotatable bonds is 6. The summed E-state index contributed by atoms with van der Waals surface area (Å²) in [4.78, 5) is 0. The van der Waals surface area contributed by atoms with Gasteiger partial charge in [-0.3, -0.25) is 0 Å². The average Bonchev–Trinajstić information content (AvgIpc) is 2.31. The zero-order valence-electron chi connectivity index (χ0n) is 10.3. The zero-order chi connectivity index (χ0) is 12.9. The van der Waals surface area contributed by atoms with Gasteiger partial charge in [0.1, 0.15) is 9.84 Å². The van der Waals surface area contributed by atoms with Crippen molar-refractivity contribution in [2.45, 2.75) is 25.2 Å². The molecular formula is C13H19ClO2S. The maximum Gasteiger partial charge on any atom is 0.147 e. The molecule has 0 saturated heterocycles. The van der Waals surface area contributed by atoms with E-state index in [0.717, 1.165) is 12.0 Å². The topological polar surface area (TPSA) is 34.1 Å². The van der Waals surface area contributed by atoms with E-state index in [2.05, 4.69) is 6.92 Å². The molecule has 0 heterocycles. The van der Waals surface area contributed by atoms with E-state index in [1.807, 2.05) is 30.3 Å². The summed E-state index contributed by atoms with van der Waals surface area (Å²) in [6.07, 6.45) is 2.69. The largest absolute Gasteiger partial charge is 0.229 e. The van der Waals surface area contributed by atoms with Crippen molar-refractivity contribution in [3.63, 3.8) is 0 Å². The van der Waals surface area contributed by atoms with Crippen molar-refractivity contribution in [1.29, 1.82) is 0 Å². The van der Waals surface area contributed by atoms with Gasteiger partial charge in [-0.2, -0.15) is 0 Å². The van der Waals surface area contributed by atoms with Gasteiger partial charge >= 0.3 is 0 Å². The van der Waals surface area contributed by atoms with Gasteiger partial charge in [0.15, 0.2) is 0 Å². The van der Waals surface area contributed by atoms with E-state index in [1.165, 1.54) is 6.26 Å². The Balaban J connectivity index is 2.98. The van der Waals surface area contributed by atoms with E-state index in [1.54, 1.807) is 0 Å². The first-order valence-corrected chi connectivity index (χ1v) is 8.32. The molecule has 96 valence electrons. The van der Waals surface area contributed by atoms with Crippen LogP contribution < -0.4 is 0 Å². The lowest BCUT2D eigenvalue weighted by atomic mass is 9.77. The van der Waals surface area contributed by atoms with Gasteiger partial charge in [-0.05, 0) is 18.4 Å². The van der Waals surface area contributed by atoms with Crippen molar-refractivity contribution in [3.05, 3.63) is 35.9 Å². The first-order chi connectivity index (χ1) is 7.93. The minimum atomic E-state index is -2.94. The fourth-order valence-corrected chi connectivity index (χ4v) is 3.17. The zero-order valence-corrected chi connectivity index (χ0v) is 11.9.